The minimum Gasteiger partial charge on any atom is -0.299 e. The van der Waals surface area contributed by atoms with Crippen molar-refractivity contribution in [2.45, 2.75) is 105 Å². The average molecular weight is 604 g/mol. The van der Waals surface area contributed by atoms with Crippen LogP contribution in [0.5, 0.6) is 0 Å². The highest BCUT2D eigenvalue weighted by molar-refractivity contribution is 7.91. The summed E-state index contributed by atoms with van der Waals surface area (Å²) in [7, 11) is -3.53. The molecule has 1 aromatic rings. The van der Waals surface area contributed by atoms with E-state index in [2.05, 4.69) is 40.7 Å². The molecule has 0 radical (unpaired) electrons. The molecule has 4 saturated carbocycles. The average Bonchev–Trinajstić information content (AvgIpc) is 2.93. The monoisotopic (exact) mass is 603 g/mol. The van der Waals surface area contributed by atoms with Crippen LogP contribution in [0, 0.1) is 67.5 Å². The Bertz CT molecular complexity index is 1550. The Kier molecular flexibility index (Phi) is 6.71. The van der Waals surface area contributed by atoms with Gasteiger partial charge in [0, 0.05) is 17.8 Å². The first-order valence-corrected chi connectivity index (χ1v) is 18.0. The van der Waals surface area contributed by atoms with Crippen LogP contribution in [-0.2, 0) is 19.4 Å². The summed E-state index contributed by atoms with van der Waals surface area (Å²) >= 11 is 0. The molecule has 1 aromatic carbocycles. The summed E-state index contributed by atoms with van der Waals surface area (Å²) in [5.74, 6) is 0.235. The quantitative estimate of drug-likeness (QED) is 0.352. The van der Waals surface area contributed by atoms with Gasteiger partial charge in [0.15, 0.2) is 15.6 Å². The number of nitriles is 1. The third-order valence-corrected chi connectivity index (χ3v) is 16.2. The molecule has 5 aliphatic rings. The van der Waals surface area contributed by atoms with E-state index in [0.717, 1.165) is 44.9 Å². The molecular formula is C37H49NO4S. The first kappa shape index (κ1) is 30.8. The van der Waals surface area contributed by atoms with E-state index in [1.807, 2.05) is 26.0 Å². The van der Waals surface area contributed by atoms with Crippen molar-refractivity contribution >= 4 is 21.4 Å². The molecule has 0 aromatic heterocycles. The van der Waals surface area contributed by atoms with E-state index in [1.54, 1.807) is 24.3 Å². The smallest absolute Gasteiger partial charge is 0.178 e. The van der Waals surface area contributed by atoms with E-state index < -0.39 is 26.1 Å². The van der Waals surface area contributed by atoms with Gasteiger partial charge in [-0.3, -0.25) is 9.59 Å². The number of sulfone groups is 1. The Morgan fingerprint density at radius 1 is 0.860 bits per heavy atom. The molecule has 43 heavy (non-hydrogen) atoms. The molecule has 4 fully saturated rings. The van der Waals surface area contributed by atoms with Crippen LogP contribution >= 0.6 is 0 Å². The zero-order valence-electron chi connectivity index (χ0n) is 27.1. The number of carbonyl (C=O) groups excluding carboxylic acids is 2. The number of rotatable bonds is 3. The highest BCUT2D eigenvalue weighted by Crippen LogP contribution is 2.76. The molecule has 6 rings (SSSR count). The van der Waals surface area contributed by atoms with Gasteiger partial charge in [0.2, 0.25) is 0 Å². The number of fused-ring (bicyclic) bond motifs is 7. The van der Waals surface area contributed by atoms with E-state index >= 15 is 0 Å². The Morgan fingerprint density at radius 3 is 2.16 bits per heavy atom. The molecule has 5 nitrogen and oxygen atoms in total. The maximum absolute atomic E-state index is 14.8. The van der Waals surface area contributed by atoms with Crippen molar-refractivity contribution in [1.82, 2.24) is 0 Å². The largest absolute Gasteiger partial charge is 0.299 e. The van der Waals surface area contributed by atoms with Gasteiger partial charge >= 0.3 is 0 Å². The van der Waals surface area contributed by atoms with Crippen LogP contribution in [0.25, 0.3) is 0 Å². The van der Waals surface area contributed by atoms with Gasteiger partial charge in [-0.15, -0.1) is 0 Å². The lowest BCUT2D eigenvalue weighted by Crippen LogP contribution is -2.69. The molecule has 0 saturated heterocycles. The van der Waals surface area contributed by atoms with Crippen molar-refractivity contribution in [2.75, 3.05) is 5.75 Å². The van der Waals surface area contributed by atoms with Crippen LogP contribution in [0.4, 0.5) is 0 Å². The zero-order chi connectivity index (χ0) is 31.4. The fourth-order valence-electron chi connectivity index (χ4n) is 11.8. The number of benzene rings is 1. The number of ketones is 2. The SMILES string of the molecule is CC1(C)CCC2(CS(=O)(=O)c3ccccc3)CCC3(C)C(C(=O)CC4C5(C)C=C(C#N)C(=O)C(C)(C)C5CCC43C)C2C1. The van der Waals surface area contributed by atoms with Crippen molar-refractivity contribution in [3.8, 4) is 6.07 Å². The van der Waals surface area contributed by atoms with E-state index in [0.29, 0.717) is 11.3 Å². The van der Waals surface area contributed by atoms with Gasteiger partial charge in [-0.05, 0) is 102 Å². The minimum absolute atomic E-state index is 0.0128. The predicted molar refractivity (Wildman–Crippen MR) is 167 cm³/mol. The van der Waals surface area contributed by atoms with Crippen molar-refractivity contribution in [3.05, 3.63) is 42.0 Å². The molecule has 6 heteroatoms. The first-order valence-electron chi connectivity index (χ1n) is 16.4. The highest BCUT2D eigenvalue weighted by Gasteiger charge is 2.72. The van der Waals surface area contributed by atoms with Crippen LogP contribution in [0.15, 0.2) is 46.9 Å². The third kappa shape index (κ3) is 4.15. The van der Waals surface area contributed by atoms with Gasteiger partial charge in [0.05, 0.1) is 16.2 Å². The molecule has 0 aliphatic heterocycles. The Hall–Kier alpha value is -2.26. The Morgan fingerprint density at radius 2 is 1.51 bits per heavy atom. The number of Topliss-reactive ketones (excluding diaryl/α,β-unsaturated/α-hetero) is 2. The third-order valence-electron chi connectivity index (χ3n) is 14.2. The second-order valence-electron chi connectivity index (χ2n) is 17.1. The summed E-state index contributed by atoms with van der Waals surface area (Å²) in [6.07, 6.45) is 8.52. The number of allylic oxidation sites excluding steroid dienone is 2. The van der Waals surface area contributed by atoms with Crippen molar-refractivity contribution < 1.29 is 18.0 Å². The van der Waals surface area contributed by atoms with E-state index in [-0.39, 0.29) is 62.8 Å². The van der Waals surface area contributed by atoms with Crippen LogP contribution in [0.2, 0.25) is 0 Å². The van der Waals surface area contributed by atoms with Crippen LogP contribution < -0.4 is 0 Å². The van der Waals surface area contributed by atoms with Crippen LogP contribution in [0.1, 0.15) is 99.8 Å². The summed E-state index contributed by atoms with van der Waals surface area (Å²) in [6, 6.07) is 11.0. The minimum atomic E-state index is -3.53. The van der Waals surface area contributed by atoms with Gasteiger partial charge in [-0.1, -0.05) is 72.7 Å². The normalized spacial score (nSPS) is 43.3. The van der Waals surface area contributed by atoms with E-state index in [1.165, 1.54) is 0 Å². The lowest BCUT2D eigenvalue weighted by molar-refractivity contribution is -0.220. The molecule has 0 spiro atoms. The predicted octanol–water partition coefficient (Wildman–Crippen LogP) is 7.76. The van der Waals surface area contributed by atoms with Gasteiger partial charge < -0.3 is 0 Å². The van der Waals surface area contributed by atoms with Crippen molar-refractivity contribution in [1.29, 1.82) is 5.26 Å². The lowest BCUT2D eigenvalue weighted by atomic mass is 9.31. The molecule has 5 aliphatic carbocycles. The molecule has 232 valence electrons. The number of hydrogen-bond acceptors (Lipinski definition) is 5. The molecule has 0 heterocycles. The molecule has 8 unspecified atom stereocenters. The summed E-state index contributed by atoms with van der Waals surface area (Å²) in [5, 5.41) is 9.98. The van der Waals surface area contributed by atoms with Gasteiger partial charge in [-0.2, -0.15) is 5.26 Å². The highest BCUT2D eigenvalue weighted by atomic mass is 32.2. The molecule has 0 bridgehead atoms. The number of carbonyl (C=O) groups is 2. The fourth-order valence-corrected chi connectivity index (χ4v) is 13.8. The standard InChI is InChI=1S/C37H49NO4S/c1-32(2)15-17-37(23-43(41,42)25-11-9-8-10-12-25)18-16-36(7)30(26(37)21-32)27(39)19-29-34(5)20-24(22-38)31(40)33(3,4)28(34)13-14-35(29,36)6/h8-12,20,26,28-30H,13-19,21,23H2,1-7H3. The molecular weight excluding hydrogens is 554 g/mol. The van der Waals surface area contributed by atoms with E-state index in [9.17, 15) is 23.3 Å². The second kappa shape index (κ2) is 9.38. The number of nitrogens with zero attached hydrogens (tertiary/aromatic N) is 1. The Labute approximate surface area is 258 Å². The topological polar surface area (TPSA) is 92.1 Å². The summed E-state index contributed by atoms with van der Waals surface area (Å²) in [4.78, 5) is 28.5. The summed E-state index contributed by atoms with van der Waals surface area (Å²) in [5.41, 5.74) is -1.67. The molecule has 0 N–H and O–H groups in total. The van der Waals surface area contributed by atoms with Crippen LogP contribution in [0.3, 0.4) is 0 Å². The summed E-state index contributed by atoms with van der Waals surface area (Å²) in [6.45, 7) is 15.5. The van der Waals surface area contributed by atoms with E-state index in [4.69, 9.17) is 0 Å². The number of hydrogen-bond donors (Lipinski definition) is 0. The summed E-state index contributed by atoms with van der Waals surface area (Å²) < 4.78 is 27.8. The van der Waals surface area contributed by atoms with Crippen LogP contribution in [-0.4, -0.2) is 25.7 Å². The maximum atomic E-state index is 14.8. The zero-order valence-corrected chi connectivity index (χ0v) is 27.9. The first-order chi connectivity index (χ1) is 19.9. The molecule has 0 amide bonds. The molecule has 8 atom stereocenters. The van der Waals surface area contributed by atoms with Crippen molar-refractivity contribution in [2.24, 2.45) is 56.2 Å². The fraction of sp³-hybridized carbons (Fsp3) is 0.703. The van der Waals surface area contributed by atoms with Crippen molar-refractivity contribution in [3.63, 3.8) is 0 Å². The van der Waals surface area contributed by atoms with Gasteiger partial charge in [-0.25, -0.2) is 8.42 Å². The maximum Gasteiger partial charge on any atom is 0.178 e. The lowest BCUT2D eigenvalue weighted by Gasteiger charge is -2.72. The van der Waals surface area contributed by atoms with Gasteiger partial charge in [0.25, 0.3) is 0 Å². The second-order valence-corrected chi connectivity index (χ2v) is 19.1. The Balaban J connectivity index is 1.45. The van der Waals surface area contributed by atoms with Gasteiger partial charge in [0.1, 0.15) is 11.9 Å².